The van der Waals surface area contributed by atoms with E-state index in [1.165, 1.54) is 0 Å². The molecule has 0 aromatic heterocycles. The van der Waals surface area contributed by atoms with Gasteiger partial charge in [0.25, 0.3) is 0 Å². The first-order valence-electron chi connectivity index (χ1n) is 5.93. The standard InChI is InChI=1S/C11H22N2O2/c1-9(2)13-4-3-12-5-6-15-11(8-14)10(12)7-13/h9-11,14H,3-8H2,1-2H3/t10-,11-/m1/s1. The zero-order chi connectivity index (χ0) is 10.8. The minimum Gasteiger partial charge on any atom is -0.394 e. The summed E-state index contributed by atoms with van der Waals surface area (Å²) < 4.78 is 5.61. The summed E-state index contributed by atoms with van der Waals surface area (Å²) in [7, 11) is 0. The molecular formula is C11H22N2O2. The lowest BCUT2D eigenvalue weighted by molar-refractivity contribution is -0.117. The Morgan fingerprint density at radius 3 is 2.80 bits per heavy atom. The van der Waals surface area contributed by atoms with Gasteiger partial charge in [0, 0.05) is 32.2 Å². The lowest BCUT2D eigenvalue weighted by atomic mass is 10.0. The Labute approximate surface area is 91.8 Å². The molecule has 0 bridgehead atoms. The third kappa shape index (κ3) is 2.33. The van der Waals surface area contributed by atoms with E-state index in [-0.39, 0.29) is 12.7 Å². The fourth-order valence-electron chi connectivity index (χ4n) is 2.58. The molecule has 2 aliphatic rings. The number of fused-ring (bicyclic) bond motifs is 1. The molecule has 2 atom stereocenters. The molecule has 2 rings (SSSR count). The summed E-state index contributed by atoms with van der Waals surface area (Å²) in [6, 6.07) is 0.980. The molecule has 4 nitrogen and oxygen atoms in total. The summed E-state index contributed by atoms with van der Waals surface area (Å²) in [5, 5.41) is 9.28. The Morgan fingerprint density at radius 1 is 1.33 bits per heavy atom. The van der Waals surface area contributed by atoms with E-state index in [0.717, 1.165) is 32.8 Å². The smallest absolute Gasteiger partial charge is 0.0973 e. The van der Waals surface area contributed by atoms with Gasteiger partial charge in [-0.05, 0) is 13.8 Å². The van der Waals surface area contributed by atoms with E-state index in [2.05, 4.69) is 23.6 Å². The van der Waals surface area contributed by atoms with Crippen molar-refractivity contribution < 1.29 is 9.84 Å². The molecule has 2 saturated heterocycles. The Morgan fingerprint density at radius 2 is 2.13 bits per heavy atom. The van der Waals surface area contributed by atoms with Gasteiger partial charge in [0.15, 0.2) is 0 Å². The first-order valence-corrected chi connectivity index (χ1v) is 5.93. The van der Waals surface area contributed by atoms with Crippen LogP contribution >= 0.6 is 0 Å². The highest BCUT2D eigenvalue weighted by Crippen LogP contribution is 2.20. The average Bonchev–Trinajstić information content (AvgIpc) is 2.27. The van der Waals surface area contributed by atoms with Crippen LogP contribution in [0, 0.1) is 0 Å². The molecule has 88 valence electrons. The molecule has 0 aliphatic carbocycles. The maximum atomic E-state index is 9.28. The van der Waals surface area contributed by atoms with Crippen LogP contribution in [0.5, 0.6) is 0 Å². The van der Waals surface area contributed by atoms with E-state index in [1.54, 1.807) is 0 Å². The molecule has 0 unspecified atom stereocenters. The summed E-state index contributed by atoms with van der Waals surface area (Å²) in [5.41, 5.74) is 0. The highest BCUT2D eigenvalue weighted by molar-refractivity contribution is 4.91. The van der Waals surface area contributed by atoms with Crippen molar-refractivity contribution in [2.24, 2.45) is 0 Å². The Bertz CT molecular complexity index is 205. The van der Waals surface area contributed by atoms with Gasteiger partial charge in [-0.1, -0.05) is 0 Å². The Balaban J connectivity index is 2.00. The van der Waals surface area contributed by atoms with E-state index < -0.39 is 0 Å². The second-order valence-corrected chi connectivity index (χ2v) is 4.78. The van der Waals surface area contributed by atoms with Crippen LogP contribution < -0.4 is 0 Å². The maximum Gasteiger partial charge on any atom is 0.0973 e. The van der Waals surface area contributed by atoms with E-state index in [4.69, 9.17) is 4.74 Å². The quantitative estimate of drug-likeness (QED) is 0.689. The molecule has 2 aliphatic heterocycles. The van der Waals surface area contributed by atoms with Crippen LogP contribution in [0.25, 0.3) is 0 Å². The summed E-state index contributed by atoms with van der Waals surface area (Å²) in [5.74, 6) is 0. The fourth-order valence-corrected chi connectivity index (χ4v) is 2.58. The van der Waals surface area contributed by atoms with Crippen molar-refractivity contribution in [2.75, 3.05) is 39.4 Å². The van der Waals surface area contributed by atoms with Gasteiger partial charge < -0.3 is 9.84 Å². The minimum atomic E-state index is 0.0142. The van der Waals surface area contributed by atoms with Crippen LogP contribution in [0.3, 0.4) is 0 Å². The normalized spacial score (nSPS) is 34.4. The molecule has 1 N–H and O–H groups in total. The van der Waals surface area contributed by atoms with Crippen LogP contribution in [-0.4, -0.2) is 72.5 Å². The third-order valence-electron chi connectivity index (χ3n) is 3.61. The number of nitrogens with zero attached hydrogens (tertiary/aromatic N) is 2. The van der Waals surface area contributed by atoms with Gasteiger partial charge in [0.2, 0.25) is 0 Å². The van der Waals surface area contributed by atoms with Gasteiger partial charge in [-0.2, -0.15) is 0 Å². The number of morpholine rings is 1. The second-order valence-electron chi connectivity index (χ2n) is 4.78. The third-order valence-corrected chi connectivity index (χ3v) is 3.61. The van der Waals surface area contributed by atoms with Gasteiger partial charge in [-0.3, -0.25) is 9.80 Å². The second kappa shape index (κ2) is 4.78. The van der Waals surface area contributed by atoms with Crippen LogP contribution in [0.1, 0.15) is 13.8 Å². The summed E-state index contributed by atoms with van der Waals surface area (Å²) >= 11 is 0. The number of hydrogen-bond acceptors (Lipinski definition) is 4. The van der Waals surface area contributed by atoms with Gasteiger partial charge in [-0.15, -0.1) is 0 Å². The highest BCUT2D eigenvalue weighted by atomic mass is 16.5. The SMILES string of the molecule is CC(C)N1CCN2CCO[C@H](CO)[C@H]2C1. The van der Waals surface area contributed by atoms with Crippen molar-refractivity contribution in [1.29, 1.82) is 0 Å². The molecule has 15 heavy (non-hydrogen) atoms. The van der Waals surface area contributed by atoms with Crippen molar-refractivity contribution in [3.8, 4) is 0 Å². The molecule has 2 fully saturated rings. The Hall–Kier alpha value is -0.160. The molecule has 0 amide bonds. The fraction of sp³-hybridized carbons (Fsp3) is 1.00. The number of piperazine rings is 1. The van der Waals surface area contributed by atoms with Crippen molar-refractivity contribution in [2.45, 2.75) is 32.0 Å². The van der Waals surface area contributed by atoms with E-state index in [1.807, 2.05) is 0 Å². The number of hydrogen-bond donors (Lipinski definition) is 1. The predicted molar refractivity (Wildman–Crippen MR) is 58.9 cm³/mol. The topological polar surface area (TPSA) is 35.9 Å². The maximum absolute atomic E-state index is 9.28. The average molecular weight is 214 g/mol. The van der Waals surface area contributed by atoms with Crippen LogP contribution in [0.15, 0.2) is 0 Å². The van der Waals surface area contributed by atoms with Gasteiger partial charge >= 0.3 is 0 Å². The summed E-state index contributed by atoms with van der Waals surface area (Å²) in [6.45, 7) is 9.68. The monoisotopic (exact) mass is 214 g/mol. The number of aliphatic hydroxyl groups excluding tert-OH is 1. The van der Waals surface area contributed by atoms with Crippen LogP contribution in [-0.2, 0) is 4.74 Å². The van der Waals surface area contributed by atoms with E-state index in [9.17, 15) is 5.11 Å². The lowest BCUT2D eigenvalue weighted by Gasteiger charge is -2.48. The number of rotatable bonds is 2. The molecule has 0 saturated carbocycles. The van der Waals surface area contributed by atoms with Crippen LogP contribution in [0.4, 0.5) is 0 Å². The molecule has 0 radical (unpaired) electrons. The molecule has 0 aromatic rings. The van der Waals surface area contributed by atoms with Crippen molar-refractivity contribution >= 4 is 0 Å². The zero-order valence-corrected chi connectivity index (χ0v) is 9.72. The molecule has 0 aromatic carbocycles. The molecular weight excluding hydrogens is 192 g/mol. The summed E-state index contributed by atoms with van der Waals surface area (Å²) in [6.07, 6.45) is 0.0142. The minimum absolute atomic E-state index is 0.0142. The molecule has 2 heterocycles. The van der Waals surface area contributed by atoms with Crippen molar-refractivity contribution in [3.05, 3.63) is 0 Å². The first-order chi connectivity index (χ1) is 7.22. The number of aliphatic hydroxyl groups is 1. The zero-order valence-electron chi connectivity index (χ0n) is 9.72. The van der Waals surface area contributed by atoms with E-state index in [0.29, 0.717) is 12.1 Å². The van der Waals surface area contributed by atoms with E-state index >= 15 is 0 Å². The van der Waals surface area contributed by atoms with Crippen LogP contribution in [0.2, 0.25) is 0 Å². The highest BCUT2D eigenvalue weighted by Gasteiger charge is 2.36. The van der Waals surface area contributed by atoms with Gasteiger partial charge in [-0.25, -0.2) is 0 Å². The molecule has 0 spiro atoms. The number of ether oxygens (including phenoxy) is 1. The summed E-state index contributed by atoms with van der Waals surface area (Å²) in [4.78, 5) is 4.93. The van der Waals surface area contributed by atoms with Crippen molar-refractivity contribution in [3.63, 3.8) is 0 Å². The lowest BCUT2D eigenvalue weighted by Crippen LogP contribution is -2.63. The Kier molecular flexibility index (Phi) is 3.61. The molecule has 4 heteroatoms. The van der Waals surface area contributed by atoms with Gasteiger partial charge in [0.05, 0.1) is 25.4 Å². The predicted octanol–water partition coefficient (Wildman–Crippen LogP) is -0.228. The van der Waals surface area contributed by atoms with Gasteiger partial charge in [0.1, 0.15) is 0 Å². The van der Waals surface area contributed by atoms with Crippen molar-refractivity contribution in [1.82, 2.24) is 9.80 Å². The first kappa shape index (κ1) is 11.3. The largest absolute Gasteiger partial charge is 0.394 e.